The Kier molecular flexibility index (Phi) is 4.69. The quantitative estimate of drug-likeness (QED) is 0.832. The average molecular weight is 331 g/mol. The van der Waals surface area contributed by atoms with Crippen molar-refractivity contribution < 1.29 is 19.1 Å². The predicted molar refractivity (Wildman–Crippen MR) is 86.5 cm³/mol. The molecule has 7 heteroatoms. The normalized spacial score (nSPS) is 18.7. The second-order valence-corrected chi connectivity index (χ2v) is 6.14. The third kappa shape index (κ3) is 3.50. The van der Waals surface area contributed by atoms with Crippen molar-refractivity contribution in [3.63, 3.8) is 0 Å². The molecule has 0 atom stereocenters. The van der Waals surface area contributed by atoms with Crippen molar-refractivity contribution in [2.24, 2.45) is 0 Å². The lowest BCUT2D eigenvalue weighted by Gasteiger charge is -2.35. The Morgan fingerprint density at radius 2 is 2.04 bits per heavy atom. The number of piperidine rings is 1. The van der Waals surface area contributed by atoms with Crippen LogP contribution < -0.4 is 10.1 Å². The zero-order valence-corrected chi connectivity index (χ0v) is 13.7. The van der Waals surface area contributed by atoms with Gasteiger partial charge in [0.05, 0.1) is 6.54 Å². The number of imide groups is 1. The first-order chi connectivity index (χ1) is 11.5. The van der Waals surface area contributed by atoms with Gasteiger partial charge in [-0.15, -0.1) is 0 Å². The molecule has 2 aliphatic rings. The molecule has 4 amide bonds. The van der Waals surface area contributed by atoms with E-state index in [-0.39, 0.29) is 37.0 Å². The highest BCUT2D eigenvalue weighted by atomic mass is 16.5. The van der Waals surface area contributed by atoms with E-state index < -0.39 is 0 Å². The van der Waals surface area contributed by atoms with Crippen LogP contribution in [0.25, 0.3) is 0 Å². The maximum Gasteiger partial charge on any atom is 0.324 e. The van der Waals surface area contributed by atoms with E-state index in [1.165, 1.54) is 4.90 Å². The van der Waals surface area contributed by atoms with E-state index in [4.69, 9.17) is 4.74 Å². The highest BCUT2D eigenvalue weighted by molar-refractivity contribution is 6.02. The van der Waals surface area contributed by atoms with Crippen LogP contribution in [0.5, 0.6) is 5.75 Å². The third-order valence-electron chi connectivity index (χ3n) is 4.41. The molecule has 0 unspecified atom stereocenters. The lowest BCUT2D eigenvalue weighted by atomic mass is 10.0. The number of rotatable bonds is 4. The first-order valence-electron chi connectivity index (χ1n) is 8.12. The van der Waals surface area contributed by atoms with Gasteiger partial charge in [-0.2, -0.15) is 0 Å². The number of benzene rings is 1. The standard InChI is InChI=1S/C17H21N3O4/c1-12-3-2-4-14(9-12)24-11-16(22)19-7-5-13(6-8-19)20-15(21)10-18-17(20)23/h2-4,9,13H,5-8,10-11H2,1H3,(H,18,23). The van der Waals surface area contributed by atoms with Gasteiger partial charge in [-0.3, -0.25) is 14.5 Å². The molecule has 24 heavy (non-hydrogen) atoms. The maximum atomic E-state index is 12.3. The highest BCUT2D eigenvalue weighted by Crippen LogP contribution is 2.19. The number of aryl methyl sites for hydroxylation is 1. The molecule has 2 fully saturated rings. The van der Waals surface area contributed by atoms with Crippen molar-refractivity contribution in [2.45, 2.75) is 25.8 Å². The fraction of sp³-hybridized carbons (Fsp3) is 0.471. The van der Waals surface area contributed by atoms with E-state index in [9.17, 15) is 14.4 Å². The lowest BCUT2D eigenvalue weighted by Crippen LogP contribution is -2.49. The first-order valence-corrected chi connectivity index (χ1v) is 8.12. The first kappa shape index (κ1) is 16.3. The molecule has 2 heterocycles. The number of hydrogen-bond acceptors (Lipinski definition) is 4. The summed E-state index contributed by atoms with van der Waals surface area (Å²) in [4.78, 5) is 38.7. The van der Waals surface area contributed by atoms with Crippen molar-refractivity contribution in [3.05, 3.63) is 29.8 Å². The van der Waals surface area contributed by atoms with E-state index >= 15 is 0 Å². The Hall–Kier alpha value is -2.57. The summed E-state index contributed by atoms with van der Waals surface area (Å²) in [7, 11) is 0. The minimum Gasteiger partial charge on any atom is -0.484 e. The summed E-state index contributed by atoms with van der Waals surface area (Å²) < 4.78 is 5.54. The van der Waals surface area contributed by atoms with E-state index in [1.54, 1.807) is 4.90 Å². The number of urea groups is 1. The Labute approximate surface area is 140 Å². The number of nitrogens with one attached hydrogen (secondary N) is 1. The van der Waals surface area contributed by atoms with Gasteiger partial charge in [0.2, 0.25) is 5.91 Å². The van der Waals surface area contributed by atoms with Crippen LogP contribution in [0.4, 0.5) is 4.79 Å². The summed E-state index contributed by atoms with van der Waals surface area (Å²) in [6.45, 7) is 3.09. The van der Waals surface area contributed by atoms with Gasteiger partial charge in [-0.25, -0.2) is 4.79 Å². The predicted octanol–water partition coefficient (Wildman–Crippen LogP) is 0.917. The molecule has 0 spiro atoms. The van der Waals surface area contributed by atoms with E-state index in [0.717, 1.165) is 5.56 Å². The average Bonchev–Trinajstić information content (AvgIpc) is 2.92. The molecule has 0 aromatic heterocycles. The van der Waals surface area contributed by atoms with Gasteiger partial charge in [0, 0.05) is 19.1 Å². The summed E-state index contributed by atoms with van der Waals surface area (Å²) >= 11 is 0. The van der Waals surface area contributed by atoms with Crippen molar-refractivity contribution in [1.29, 1.82) is 0 Å². The zero-order chi connectivity index (χ0) is 17.1. The lowest BCUT2D eigenvalue weighted by molar-refractivity contribution is -0.135. The molecule has 3 rings (SSSR count). The Bertz CT molecular complexity index is 637. The SMILES string of the molecule is Cc1cccc(OCC(=O)N2CCC(N3C(=O)CNC3=O)CC2)c1. The topological polar surface area (TPSA) is 79.0 Å². The van der Waals surface area contributed by atoms with Crippen molar-refractivity contribution in [1.82, 2.24) is 15.1 Å². The van der Waals surface area contributed by atoms with Gasteiger partial charge in [0.15, 0.2) is 6.61 Å². The Morgan fingerprint density at radius 1 is 1.29 bits per heavy atom. The summed E-state index contributed by atoms with van der Waals surface area (Å²) in [6.07, 6.45) is 1.21. The molecular formula is C17H21N3O4. The molecule has 0 aliphatic carbocycles. The fourth-order valence-electron chi connectivity index (χ4n) is 3.12. The van der Waals surface area contributed by atoms with Gasteiger partial charge in [-0.1, -0.05) is 12.1 Å². The van der Waals surface area contributed by atoms with Crippen LogP contribution in [-0.4, -0.2) is 59.9 Å². The molecule has 0 saturated carbocycles. The van der Waals surface area contributed by atoms with E-state index in [2.05, 4.69) is 5.32 Å². The number of carbonyl (C=O) groups is 3. The summed E-state index contributed by atoms with van der Waals surface area (Å²) in [5.41, 5.74) is 1.08. The van der Waals surface area contributed by atoms with Crippen LogP contribution in [0.2, 0.25) is 0 Å². The molecule has 1 aromatic rings. The van der Waals surface area contributed by atoms with Gasteiger partial charge < -0.3 is 15.0 Å². The fourth-order valence-corrected chi connectivity index (χ4v) is 3.12. The molecule has 0 radical (unpaired) electrons. The smallest absolute Gasteiger partial charge is 0.324 e. The van der Waals surface area contributed by atoms with E-state index in [0.29, 0.717) is 31.7 Å². The largest absolute Gasteiger partial charge is 0.484 e. The van der Waals surface area contributed by atoms with Crippen LogP contribution >= 0.6 is 0 Å². The van der Waals surface area contributed by atoms with Gasteiger partial charge in [0.1, 0.15) is 5.75 Å². The molecule has 1 aromatic carbocycles. The molecule has 0 bridgehead atoms. The van der Waals surface area contributed by atoms with Crippen molar-refractivity contribution >= 4 is 17.8 Å². The molecular weight excluding hydrogens is 310 g/mol. The summed E-state index contributed by atoms with van der Waals surface area (Å²) in [5, 5.41) is 2.53. The van der Waals surface area contributed by atoms with Crippen molar-refractivity contribution in [2.75, 3.05) is 26.2 Å². The maximum absolute atomic E-state index is 12.3. The van der Waals surface area contributed by atoms with Crippen LogP contribution in [0, 0.1) is 6.92 Å². The highest BCUT2D eigenvalue weighted by Gasteiger charge is 2.37. The number of carbonyl (C=O) groups excluding carboxylic acids is 3. The molecule has 1 N–H and O–H groups in total. The number of ether oxygens (including phenoxy) is 1. The monoisotopic (exact) mass is 331 g/mol. The Balaban J connectivity index is 1.48. The molecule has 2 aliphatic heterocycles. The number of amides is 4. The minimum atomic E-state index is -0.326. The minimum absolute atomic E-state index is 0.00273. The third-order valence-corrected chi connectivity index (χ3v) is 4.41. The van der Waals surface area contributed by atoms with Gasteiger partial charge >= 0.3 is 6.03 Å². The van der Waals surface area contributed by atoms with Gasteiger partial charge in [-0.05, 0) is 37.5 Å². The molecule has 7 nitrogen and oxygen atoms in total. The van der Waals surface area contributed by atoms with Crippen LogP contribution in [0.15, 0.2) is 24.3 Å². The number of likely N-dealkylation sites (tertiary alicyclic amines) is 1. The van der Waals surface area contributed by atoms with Crippen LogP contribution in [-0.2, 0) is 9.59 Å². The zero-order valence-electron chi connectivity index (χ0n) is 13.7. The van der Waals surface area contributed by atoms with Crippen LogP contribution in [0.3, 0.4) is 0 Å². The second kappa shape index (κ2) is 6.90. The second-order valence-electron chi connectivity index (χ2n) is 6.14. The van der Waals surface area contributed by atoms with Crippen LogP contribution in [0.1, 0.15) is 18.4 Å². The van der Waals surface area contributed by atoms with E-state index in [1.807, 2.05) is 31.2 Å². The summed E-state index contributed by atoms with van der Waals surface area (Å²) in [6, 6.07) is 7.11. The number of hydrogen-bond donors (Lipinski definition) is 1. The Morgan fingerprint density at radius 3 is 2.67 bits per heavy atom. The molecule has 128 valence electrons. The molecule has 2 saturated heterocycles. The van der Waals surface area contributed by atoms with Crippen molar-refractivity contribution in [3.8, 4) is 5.75 Å². The van der Waals surface area contributed by atoms with Gasteiger partial charge in [0.25, 0.3) is 5.91 Å². The summed E-state index contributed by atoms with van der Waals surface area (Å²) in [5.74, 6) is 0.414. The number of nitrogens with zero attached hydrogens (tertiary/aromatic N) is 2.